The Morgan fingerprint density at radius 2 is 2.05 bits per heavy atom. The van der Waals surface area contributed by atoms with Crippen LogP contribution < -0.4 is 0 Å². The van der Waals surface area contributed by atoms with Gasteiger partial charge in [0.05, 0.1) is 11.9 Å². The van der Waals surface area contributed by atoms with Gasteiger partial charge in [-0.15, -0.1) is 0 Å². The van der Waals surface area contributed by atoms with Gasteiger partial charge >= 0.3 is 0 Å². The maximum atomic E-state index is 12.4. The molecule has 1 aliphatic rings. The number of rotatable bonds is 4. The highest BCUT2D eigenvalue weighted by Gasteiger charge is 2.37. The SMILES string of the molecule is CN(C)S(=O)(=O)[C@H]1CCOC[C@H]1Cc1ccc(Cl)cc1Cl. The molecule has 1 aromatic rings. The summed E-state index contributed by atoms with van der Waals surface area (Å²) in [5.74, 6) is -0.107. The third-order valence-electron chi connectivity index (χ3n) is 3.79. The third kappa shape index (κ3) is 3.90. The molecule has 21 heavy (non-hydrogen) atoms. The van der Waals surface area contributed by atoms with Crippen molar-refractivity contribution in [3.05, 3.63) is 33.8 Å². The summed E-state index contributed by atoms with van der Waals surface area (Å²) in [5.41, 5.74) is 0.899. The van der Waals surface area contributed by atoms with E-state index >= 15 is 0 Å². The molecule has 0 aromatic heterocycles. The number of hydrogen-bond donors (Lipinski definition) is 0. The Kier molecular flexibility index (Phi) is 5.54. The van der Waals surface area contributed by atoms with Crippen molar-refractivity contribution < 1.29 is 13.2 Å². The first-order chi connectivity index (χ1) is 9.82. The summed E-state index contributed by atoms with van der Waals surface area (Å²) in [5, 5.41) is 0.697. The van der Waals surface area contributed by atoms with E-state index in [0.717, 1.165) is 5.56 Å². The molecule has 0 unspecified atom stereocenters. The van der Waals surface area contributed by atoms with Crippen LogP contribution in [0.25, 0.3) is 0 Å². The molecule has 0 bridgehead atoms. The Bertz CT molecular complexity index is 604. The fourth-order valence-corrected chi connectivity index (χ4v) is 4.68. The van der Waals surface area contributed by atoms with Gasteiger partial charge in [0.1, 0.15) is 0 Å². The molecule has 0 N–H and O–H groups in total. The second kappa shape index (κ2) is 6.84. The maximum absolute atomic E-state index is 12.4. The Morgan fingerprint density at radius 1 is 1.33 bits per heavy atom. The summed E-state index contributed by atoms with van der Waals surface area (Å²) < 4.78 is 31.6. The molecule has 1 saturated heterocycles. The van der Waals surface area contributed by atoms with Crippen LogP contribution in [0, 0.1) is 5.92 Å². The van der Waals surface area contributed by atoms with Crippen LogP contribution in [-0.2, 0) is 21.2 Å². The molecule has 0 saturated carbocycles. The van der Waals surface area contributed by atoms with Gasteiger partial charge in [0.25, 0.3) is 0 Å². The molecule has 7 heteroatoms. The van der Waals surface area contributed by atoms with Crippen LogP contribution >= 0.6 is 23.2 Å². The van der Waals surface area contributed by atoms with Crippen LogP contribution in [0.3, 0.4) is 0 Å². The minimum absolute atomic E-state index is 0.107. The van der Waals surface area contributed by atoms with E-state index < -0.39 is 15.3 Å². The van der Waals surface area contributed by atoms with Crippen molar-refractivity contribution in [2.45, 2.75) is 18.1 Å². The lowest BCUT2D eigenvalue weighted by Crippen LogP contribution is -2.44. The Hall–Kier alpha value is -0.330. The van der Waals surface area contributed by atoms with Crippen molar-refractivity contribution in [2.24, 2.45) is 5.92 Å². The van der Waals surface area contributed by atoms with E-state index in [0.29, 0.717) is 36.1 Å². The molecule has 0 amide bonds. The van der Waals surface area contributed by atoms with Gasteiger partial charge in [0.15, 0.2) is 0 Å². The van der Waals surface area contributed by atoms with Crippen LogP contribution in [-0.4, -0.2) is 45.3 Å². The van der Waals surface area contributed by atoms with Gasteiger partial charge in [0.2, 0.25) is 10.0 Å². The first kappa shape index (κ1) is 17.0. The zero-order valence-electron chi connectivity index (χ0n) is 12.1. The molecule has 0 radical (unpaired) electrons. The molecule has 0 spiro atoms. The van der Waals surface area contributed by atoms with E-state index in [1.807, 2.05) is 6.07 Å². The molecule has 1 aliphatic heterocycles. The largest absolute Gasteiger partial charge is 0.381 e. The Labute approximate surface area is 136 Å². The van der Waals surface area contributed by atoms with Crippen molar-refractivity contribution in [2.75, 3.05) is 27.3 Å². The Balaban J connectivity index is 2.23. The monoisotopic (exact) mass is 351 g/mol. The lowest BCUT2D eigenvalue weighted by atomic mass is 9.93. The molecule has 2 rings (SSSR count). The average molecular weight is 352 g/mol. The van der Waals surface area contributed by atoms with E-state index in [2.05, 4.69) is 0 Å². The third-order valence-corrected chi connectivity index (χ3v) is 6.78. The van der Waals surface area contributed by atoms with E-state index in [9.17, 15) is 8.42 Å². The first-order valence-corrected chi connectivity index (χ1v) is 9.01. The zero-order chi connectivity index (χ0) is 15.6. The zero-order valence-corrected chi connectivity index (χ0v) is 14.4. The fourth-order valence-electron chi connectivity index (χ4n) is 2.60. The van der Waals surface area contributed by atoms with E-state index in [-0.39, 0.29) is 5.92 Å². The highest BCUT2D eigenvalue weighted by Crippen LogP contribution is 2.30. The van der Waals surface area contributed by atoms with Crippen LogP contribution in [0.5, 0.6) is 0 Å². The Morgan fingerprint density at radius 3 is 2.67 bits per heavy atom. The van der Waals surface area contributed by atoms with Crippen molar-refractivity contribution >= 4 is 33.2 Å². The molecule has 0 aliphatic carbocycles. The number of benzene rings is 1. The number of sulfonamides is 1. The molecule has 4 nitrogen and oxygen atoms in total. The predicted molar refractivity (Wildman–Crippen MR) is 85.5 cm³/mol. The van der Waals surface area contributed by atoms with E-state index in [1.54, 1.807) is 26.2 Å². The van der Waals surface area contributed by atoms with Gasteiger partial charge in [-0.05, 0) is 30.5 Å². The summed E-state index contributed by atoms with van der Waals surface area (Å²) in [4.78, 5) is 0. The lowest BCUT2D eigenvalue weighted by Gasteiger charge is -2.33. The number of ether oxygens (including phenoxy) is 1. The van der Waals surface area contributed by atoms with Crippen LogP contribution in [0.2, 0.25) is 10.0 Å². The maximum Gasteiger partial charge on any atom is 0.216 e. The van der Waals surface area contributed by atoms with Crippen molar-refractivity contribution in [3.63, 3.8) is 0 Å². The number of halogens is 2. The van der Waals surface area contributed by atoms with Gasteiger partial charge in [0, 0.05) is 36.7 Å². The second-order valence-corrected chi connectivity index (χ2v) is 8.64. The minimum atomic E-state index is -3.31. The number of nitrogens with zero attached hydrogens (tertiary/aromatic N) is 1. The molecule has 1 aromatic carbocycles. The highest BCUT2D eigenvalue weighted by molar-refractivity contribution is 7.89. The number of hydrogen-bond acceptors (Lipinski definition) is 3. The summed E-state index contributed by atoms with van der Waals surface area (Å²) in [7, 11) is -0.173. The lowest BCUT2D eigenvalue weighted by molar-refractivity contribution is 0.0563. The standard InChI is InChI=1S/C14H19Cl2NO3S/c1-17(2)21(18,19)14-5-6-20-9-11(14)7-10-3-4-12(15)8-13(10)16/h3-4,8,11,14H,5-7,9H2,1-2H3/t11-,14+/m1/s1. The van der Waals surface area contributed by atoms with Crippen molar-refractivity contribution in [3.8, 4) is 0 Å². The summed E-state index contributed by atoms with van der Waals surface area (Å²) in [6, 6.07) is 5.29. The average Bonchev–Trinajstić information content (AvgIpc) is 2.42. The predicted octanol–water partition coefficient (Wildman–Crippen LogP) is 2.83. The molecule has 118 valence electrons. The smallest absolute Gasteiger partial charge is 0.216 e. The van der Waals surface area contributed by atoms with E-state index in [1.165, 1.54) is 4.31 Å². The fraction of sp³-hybridized carbons (Fsp3) is 0.571. The molecular weight excluding hydrogens is 333 g/mol. The topological polar surface area (TPSA) is 46.6 Å². The van der Waals surface area contributed by atoms with Gasteiger partial charge in [-0.25, -0.2) is 12.7 Å². The van der Waals surface area contributed by atoms with E-state index in [4.69, 9.17) is 27.9 Å². The molecule has 1 heterocycles. The molecular formula is C14H19Cl2NO3S. The van der Waals surface area contributed by atoms with Gasteiger partial charge in [-0.1, -0.05) is 29.3 Å². The summed E-state index contributed by atoms with van der Waals surface area (Å²) in [6.45, 7) is 0.902. The second-order valence-electron chi connectivity index (χ2n) is 5.43. The van der Waals surface area contributed by atoms with Crippen LogP contribution in [0.1, 0.15) is 12.0 Å². The molecule has 1 fully saturated rings. The normalized spacial score (nSPS) is 23.5. The van der Waals surface area contributed by atoms with Crippen molar-refractivity contribution in [1.82, 2.24) is 4.31 Å². The van der Waals surface area contributed by atoms with Crippen LogP contribution in [0.15, 0.2) is 18.2 Å². The molecule has 2 atom stereocenters. The minimum Gasteiger partial charge on any atom is -0.381 e. The van der Waals surface area contributed by atoms with Gasteiger partial charge in [-0.2, -0.15) is 0 Å². The van der Waals surface area contributed by atoms with Crippen molar-refractivity contribution in [1.29, 1.82) is 0 Å². The van der Waals surface area contributed by atoms with Crippen LogP contribution in [0.4, 0.5) is 0 Å². The quantitative estimate of drug-likeness (QED) is 0.837. The summed E-state index contributed by atoms with van der Waals surface area (Å²) >= 11 is 12.1. The first-order valence-electron chi connectivity index (χ1n) is 6.75. The van der Waals surface area contributed by atoms with Gasteiger partial charge in [-0.3, -0.25) is 0 Å². The van der Waals surface area contributed by atoms with Gasteiger partial charge < -0.3 is 4.74 Å². The summed E-state index contributed by atoms with van der Waals surface area (Å²) in [6.07, 6.45) is 1.07. The highest BCUT2D eigenvalue weighted by atomic mass is 35.5.